The fourth-order valence-corrected chi connectivity index (χ4v) is 7.02. The fourth-order valence-electron chi connectivity index (χ4n) is 7.02. The van der Waals surface area contributed by atoms with Gasteiger partial charge in [0, 0.05) is 30.1 Å². The van der Waals surface area contributed by atoms with Gasteiger partial charge in [-0.25, -0.2) is 0 Å². The van der Waals surface area contributed by atoms with Gasteiger partial charge in [0.1, 0.15) is 12.1 Å². The van der Waals surface area contributed by atoms with Gasteiger partial charge in [-0.15, -0.1) is 0 Å². The summed E-state index contributed by atoms with van der Waals surface area (Å²) in [5.41, 5.74) is 1.01. The molecule has 3 saturated carbocycles. The maximum atomic E-state index is 12.5. The monoisotopic (exact) mass is 328 g/mol. The van der Waals surface area contributed by atoms with Gasteiger partial charge in [0.05, 0.1) is 0 Å². The molecule has 0 aromatic rings. The van der Waals surface area contributed by atoms with Crippen molar-refractivity contribution < 1.29 is 14.4 Å². The predicted molar refractivity (Wildman–Crippen MR) is 91.3 cm³/mol. The number of carbonyl (C=O) groups is 3. The zero-order valence-electron chi connectivity index (χ0n) is 14.8. The van der Waals surface area contributed by atoms with E-state index in [0.29, 0.717) is 42.3 Å². The van der Waals surface area contributed by atoms with E-state index in [2.05, 4.69) is 13.8 Å². The summed E-state index contributed by atoms with van der Waals surface area (Å²) < 4.78 is 0. The Bertz CT molecular complexity index is 633. The quantitative estimate of drug-likeness (QED) is 0.722. The van der Waals surface area contributed by atoms with Crippen LogP contribution in [0.2, 0.25) is 0 Å². The normalized spacial score (nSPS) is 47.5. The van der Waals surface area contributed by atoms with Gasteiger partial charge in [0.25, 0.3) is 0 Å². The summed E-state index contributed by atoms with van der Waals surface area (Å²) in [6.45, 7) is 4.50. The van der Waals surface area contributed by atoms with Crippen LogP contribution in [0.25, 0.3) is 0 Å². The maximum Gasteiger partial charge on any atom is 0.155 e. The second-order valence-electron chi connectivity index (χ2n) is 9.05. The summed E-state index contributed by atoms with van der Waals surface area (Å²) in [5.74, 6) is 2.66. The molecule has 4 aliphatic rings. The number of ketones is 2. The van der Waals surface area contributed by atoms with Gasteiger partial charge in [0.15, 0.2) is 5.78 Å². The van der Waals surface area contributed by atoms with Crippen molar-refractivity contribution in [2.24, 2.45) is 34.5 Å². The van der Waals surface area contributed by atoms with Gasteiger partial charge in [0.2, 0.25) is 0 Å². The van der Waals surface area contributed by atoms with E-state index >= 15 is 0 Å². The number of carbonyl (C=O) groups excluding carboxylic acids is 3. The zero-order valence-corrected chi connectivity index (χ0v) is 14.8. The molecular weight excluding hydrogens is 300 g/mol. The Morgan fingerprint density at radius 1 is 1.17 bits per heavy atom. The molecule has 0 aromatic carbocycles. The molecule has 130 valence electrons. The van der Waals surface area contributed by atoms with Crippen LogP contribution in [0.3, 0.4) is 0 Å². The summed E-state index contributed by atoms with van der Waals surface area (Å²) in [6, 6.07) is 0. The molecule has 0 heterocycles. The summed E-state index contributed by atoms with van der Waals surface area (Å²) in [6.07, 6.45) is 9.60. The second kappa shape index (κ2) is 5.37. The average molecular weight is 328 g/mol. The molecule has 4 aliphatic carbocycles. The molecule has 0 N–H and O–H groups in total. The second-order valence-corrected chi connectivity index (χ2v) is 9.05. The molecule has 0 aliphatic heterocycles. The Labute approximate surface area is 144 Å². The van der Waals surface area contributed by atoms with Gasteiger partial charge in [-0.3, -0.25) is 9.59 Å². The zero-order chi connectivity index (χ0) is 17.1. The minimum atomic E-state index is -0.135. The first-order chi connectivity index (χ1) is 11.4. The predicted octanol–water partition coefficient (Wildman–Crippen LogP) is 3.90. The molecule has 0 amide bonds. The maximum absolute atomic E-state index is 12.5. The minimum absolute atomic E-state index is 0.0974. The molecule has 4 rings (SSSR count). The lowest BCUT2D eigenvalue weighted by atomic mass is 9.44. The molecule has 6 atom stereocenters. The van der Waals surface area contributed by atoms with E-state index in [-0.39, 0.29) is 16.6 Å². The highest BCUT2D eigenvalue weighted by Crippen LogP contribution is 2.66. The number of hydrogen-bond acceptors (Lipinski definition) is 3. The molecule has 3 nitrogen and oxygen atoms in total. The molecule has 24 heavy (non-hydrogen) atoms. The van der Waals surface area contributed by atoms with Crippen LogP contribution >= 0.6 is 0 Å². The van der Waals surface area contributed by atoms with Crippen molar-refractivity contribution in [3.8, 4) is 0 Å². The van der Waals surface area contributed by atoms with Crippen molar-refractivity contribution in [2.75, 3.05) is 0 Å². The number of rotatable bonds is 2. The topological polar surface area (TPSA) is 51.2 Å². The molecule has 3 fully saturated rings. The molecule has 0 aromatic heterocycles. The number of fused-ring (bicyclic) bond motifs is 5. The van der Waals surface area contributed by atoms with Crippen LogP contribution in [0.15, 0.2) is 11.6 Å². The van der Waals surface area contributed by atoms with Crippen molar-refractivity contribution in [3.05, 3.63) is 11.6 Å². The molecule has 3 heteroatoms. The first kappa shape index (κ1) is 16.2. The summed E-state index contributed by atoms with van der Waals surface area (Å²) in [7, 11) is 0. The smallest absolute Gasteiger partial charge is 0.155 e. The number of aldehydes is 1. The largest absolute Gasteiger partial charge is 0.303 e. The molecule has 0 spiro atoms. The third-order valence-electron chi connectivity index (χ3n) is 8.19. The lowest BCUT2D eigenvalue weighted by molar-refractivity contribution is -0.136. The van der Waals surface area contributed by atoms with Crippen LogP contribution in [0.4, 0.5) is 0 Å². The van der Waals surface area contributed by atoms with Gasteiger partial charge >= 0.3 is 0 Å². The first-order valence-corrected chi connectivity index (χ1v) is 9.63. The number of Topliss-reactive ketones (excluding diaryl/α,β-unsaturated/α-hetero) is 1. The van der Waals surface area contributed by atoms with E-state index in [1.807, 2.05) is 6.08 Å². The van der Waals surface area contributed by atoms with Crippen LogP contribution in [0, 0.1) is 34.5 Å². The number of allylic oxidation sites excluding steroid dienone is 1. The molecule has 0 bridgehead atoms. The Morgan fingerprint density at radius 2 is 1.96 bits per heavy atom. The number of hydrogen-bond donors (Lipinski definition) is 0. The van der Waals surface area contributed by atoms with E-state index in [0.717, 1.165) is 44.8 Å². The van der Waals surface area contributed by atoms with Crippen molar-refractivity contribution in [3.63, 3.8) is 0 Å². The van der Waals surface area contributed by atoms with Crippen LogP contribution < -0.4 is 0 Å². The summed E-state index contributed by atoms with van der Waals surface area (Å²) in [4.78, 5) is 36.1. The van der Waals surface area contributed by atoms with E-state index in [1.165, 1.54) is 5.57 Å². The van der Waals surface area contributed by atoms with E-state index in [1.54, 1.807) is 0 Å². The van der Waals surface area contributed by atoms with E-state index < -0.39 is 0 Å². The van der Waals surface area contributed by atoms with Gasteiger partial charge < -0.3 is 4.79 Å². The SMILES string of the molecule is C[C@@H]1CC2=CC(=O)CC[C@]2(CC=O)[C@H]2CC[C@]3(C)C(=O)CC[C@H]3[C@H]12. The third kappa shape index (κ3) is 1.99. The fraction of sp³-hybridized carbons (Fsp3) is 0.762. The van der Waals surface area contributed by atoms with E-state index in [9.17, 15) is 14.4 Å². The van der Waals surface area contributed by atoms with Gasteiger partial charge in [-0.2, -0.15) is 0 Å². The van der Waals surface area contributed by atoms with Crippen LogP contribution in [0.5, 0.6) is 0 Å². The first-order valence-electron chi connectivity index (χ1n) is 9.63. The van der Waals surface area contributed by atoms with Crippen LogP contribution in [-0.2, 0) is 14.4 Å². The molecule has 0 unspecified atom stereocenters. The average Bonchev–Trinajstić information content (AvgIpc) is 2.84. The standard InChI is InChI=1S/C21H28O3/c1-13-11-14-12-15(23)5-8-21(14,9-10-22)17-6-7-20(2)16(19(13)17)3-4-18(20)24/h10,12-13,16-17,19H,3-9,11H2,1-2H3/t13-,16+,17+,19+,20+,21-/m1/s1. The Balaban J connectivity index is 1.78. The molecule has 0 saturated heterocycles. The lowest BCUT2D eigenvalue weighted by Gasteiger charge is -2.59. The van der Waals surface area contributed by atoms with Crippen molar-refractivity contribution in [1.29, 1.82) is 0 Å². The Hall–Kier alpha value is -1.25. The summed E-state index contributed by atoms with van der Waals surface area (Å²) >= 11 is 0. The molecular formula is C21H28O3. The Morgan fingerprint density at radius 3 is 2.71 bits per heavy atom. The molecule has 0 radical (unpaired) electrons. The summed E-state index contributed by atoms with van der Waals surface area (Å²) in [5, 5.41) is 0. The van der Waals surface area contributed by atoms with Gasteiger partial charge in [-0.05, 0) is 61.9 Å². The third-order valence-corrected chi connectivity index (χ3v) is 8.19. The highest BCUT2D eigenvalue weighted by molar-refractivity contribution is 5.92. The van der Waals surface area contributed by atoms with E-state index in [4.69, 9.17) is 0 Å². The van der Waals surface area contributed by atoms with Crippen LogP contribution in [-0.4, -0.2) is 17.9 Å². The lowest BCUT2D eigenvalue weighted by Crippen LogP contribution is -2.54. The van der Waals surface area contributed by atoms with Crippen molar-refractivity contribution >= 4 is 17.9 Å². The highest BCUT2D eigenvalue weighted by atomic mass is 16.1. The minimum Gasteiger partial charge on any atom is -0.303 e. The van der Waals surface area contributed by atoms with Crippen molar-refractivity contribution in [2.45, 2.75) is 65.2 Å². The van der Waals surface area contributed by atoms with Gasteiger partial charge in [-0.1, -0.05) is 19.4 Å². The van der Waals surface area contributed by atoms with Crippen molar-refractivity contribution in [1.82, 2.24) is 0 Å². The van der Waals surface area contributed by atoms with Crippen LogP contribution in [0.1, 0.15) is 65.2 Å². The Kier molecular flexibility index (Phi) is 3.63. The highest BCUT2D eigenvalue weighted by Gasteiger charge is 2.61.